The standard InChI is InChI=1S/C13H8ClFN4/c14-8-1-2-9(11(15)5-8)13-10(6-18-19-13)12-3-4-16-7-17-12/h1-7H,(H,18,19). The summed E-state index contributed by atoms with van der Waals surface area (Å²) in [6.07, 6.45) is 4.66. The van der Waals surface area contributed by atoms with Crippen molar-refractivity contribution in [1.29, 1.82) is 0 Å². The topological polar surface area (TPSA) is 54.5 Å². The number of aromatic amines is 1. The third-order valence-corrected chi connectivity index (χ3v) is 2.93. The fourth-order valence-corrected chi connectivity index (χ4v) is 1.99. The van der Waals surface area contributed by atoms with Crippen LogP contribution in [0.15, 0.2) is 43.0 Å². The van der Waals surface area contributed by atoms with Gasteiger partial charge in [-0.2, -0.15) is 5.10 Å². The van der Waals surface area contributed by atoms with Crippen LogP contribution >= 0.6 is 11.6 Å². The molecule has 1 N–H and O–H groups in total. The third kappa shape index (κ3) is 2.20. The minimum absolute atomic E-state index is 0.351. The molecule has 6 heteroatoms. The summed E-state index contributed by atoms with van der Waals surface area (Å²) in [5.41, 5.74) is 2.35. The monoisotopic (exact) mass is 274 g/mol. The first kappa shape index (κ1) is 11.8. The molecule has 0 unspecified atom stereocenters. The Kier molecular flexibility index (Phi) is 2.97. The van der Waals surface area contributed by atoms with Gasteiger partial charge in [-0.05, 0) is 24.3 Å². The Morgan fingerprint density at radius 1 is 1.16 bits per heavy atom. The number of hydrogen-bond donors (Lipinski definition) is 1. The zero-order valence-electron chi connectivity index (χ0n) is 9.64. The lowest BCUT2D eigenvalue weighted by molar-refractivity contribution is 0.631. The van der Waals surface area contributed by atoms with Gasteiger partial charge in [-0.3, -0.25) is 5.10 Å². The van der Waals surface area contributed by atoms with E-state index in [2.05, 4.69) is 20.2 Å². The summed E-state index contributed by atoms with van der Waals surface area (Å²) in [5.74, 6) is -0.410. The van der Waals surface area contributed by atoms with Crippen molar-refractivity contribution in [2.75, 3.05) is 0 Å². The molecule has 19 heavy (non-hydrogen) atoms. The van der Waals surface area contributed by atoms with Crippen molar-refractivity contribution in [3.63, 3.8) is 0 Å². The van der Waals surface area contributed by atoms with Gasteiger partial charge in [-0.1, -0.05) is 11.6 Å². The van der Waals surface area contributed by atoms with Crippen LogP contribution in [0.4, 0.5) is 4.39 Å². The molecule has 2 heterocycles. The number of halogens is 2. The van der Waals surface area contributed by atoms with E-state index < -0.39 is 5.82 Å². The number of H-pyrrole nitrogens is 1. The minimum Gasteiger partial charge on any atom is -0.277 e. The van der Waals surface area contributed by atoms with E-state index in [1.54, 1.807) is 30.6 Å². The van der Waals surface area contributed by atoms with Gasteiger partial charge in [-0.25, -0.2) is 14.4 Å². The molecule has 0 atom stereocenters. The molecule has 0 aliphatic rings. The van der Waals surface area contributed by atoms with Gasteiger partial charge in [0, 0.05) is 22.3 Å². The zero-order valence-corrected chi connectivity index (χ0v) is 10.4. The van der Waals surface area contributed by atoms with Crippen LogP contribution in [0.5, 0.6) is 0 Å². The Bertz CT molecular complexity index is 712. The van der Waals surface area contributed by atoms with Crippen LogP contribution in [-0.4, -0.2) is 20.2 Å². The summed E-state index contributed by atoms with van der Waals surface area (Å²) in [6, 6.07) is 6.24. The Labute approximate surface area is 113 Å². The fourth-order valence-electron chi connectivity index (χ4n) is 1.83. The second kappa shape index (κ2) is 4.78. The van der Waals surface area contributed by atoms with Gasteiger partial charge < -0.3 is 0 Å². The van der Waals surface area contributed by atoms with Crippen molar-refractivity contribution < 1.29 is 4.39 Å². The molecule has 4 nitrogen and oxygen atoms in total. The molecule has 0 saturated carbocycles. The molecule has 0 fully saturated rings. The van der Waals surface area contributed by atoms with Gasteiger partial charge in [0.25, 0.3) is 0 Å². The lowest BCUT2D eigenvalue weighted by Gasteiger charge is -2.04. The first-order valence-corrected chi connectivity index (χ1v) is 5.88. The van der Waals surface area contributed by atoms with E-state index >= 15 is 0 Å². The van der Waals surface area contributed by atoms with Crippen molar-refractivity contribution in [2.24, 2.45) is 0 Å². The molecule has 1 aromatic carbocycles. The summed E-state index contributed by atoms with van der Waals surface area (Å²) in [4.78, 5) is 7.99. The molecule has 3 rings (SSSR count). The Morgan fingerprint density at radius 3 is 2.79 bits per heavy atom. The second-order valence-electron chi connectivity index (χ2n) is 3.88. The Morgan fingerprint density at radius 2 is 2.05 bits per heavy atom. The number of hydrogen-bond acceptors (Lipinski definition) is 3. The fraction of sp³-hybridized carbons (Fsp3) is 0. The molecule has 0 saturated heterocycles. The van der Waals surface area contributed by atoms with Crippen LogP contribution in [0.25, 0.3) is 22.5 Å². The molecule has 0 aliphatic heterocycles. The minimum atomic E-state index is -0.410. The maximum atomic E-state index is 13.9. The van der Waals surface area contributed by atoms with Gasteiger partial charge >= 0.3 is 0 Å². The molecule has 0 radical (unpaired) electrons. The highest BCUT2D eigenvalue weighted by Crippen LogP contribution is 2.31. The van der Waals surface area contributed by atoms with Crippen LogP contribution in [0.3, 0.4) is 0 Å². The average Bonchev–Trinajstić information content (AvgIpc) is 2.89. The first-order chi connectivity index (χ1) is 9.25. The quantitative estimate of drug-likeness (QED) is 0.780. The Balaban J connectivity index is 2.15. The predicted molar refractivity (Wildman–Crippen MR) is 70.0 cm³/mol. The van der Waals surface area contributed by atoms with Gasteiger partial charge in [0.15, 0.2) is 0 Å². The van der Waals surface area contributed by atoms with Gasteiger partial charge in [0.05, 0.1) is 17.6 Å². The number of benzene rings is 1. The SMILES string of the molecule is Fc1cc(Cl)ccc1-c1[nH]ncc1-c1ccncn1. The van der Waals surface area contributed by atoms with Crippen molar-refractivity contribution in [3.05, 3.63) is 53.8 Å². The molecular formula is C13H8ClFN4. The molecule has 0 spiro atoms. The van der Waals surface area contributed by atoms with Crippen LogP contribution in [0, 0.1) is 5.82 Å². The lowest BCUT2D eigenvalue weighted by Crippen LogP contribution is -1.89. The number of nitrogens with zero attached hydrogens (tertiary/aromatic N) is 3. The smallest absolute Gasteiger partial charge is 0.134 e. The zero-order chi connectivity index (χ0) is 13.2. The van der Waals surface area contributed by atoms with Crippen molar-refractivity contribution >= 4 is 11.6 Å². The summed E-state index contributed by atoms with van der Waals surface area (Å²) in [7, 11) is 0. The second-order valence-corrected chi connectivity index (χ2v) is 4.31. The Hall–Kier alpha value is -2.27. The molecule has 3 aromatic rings. The molecule has 2 aromatic heterocycles. The summed E-state index contributed by atoms with van der Waals surface area (Å²) in [6.45, 7) is 0. The summed E-state index contributed by atoms with van der Waals surface area (Å²) in [5, 5.41) is 7.09. The highest BCUT2D eigenvalue weighted by Gasteiger charge is 2.14. The van der Waals surface area contributed by atoms with E-state index in [1.807, 2.05) is 0 Å². The van der Waals surface area contributed by atoms with Crippen LogP contribution in [0.1, 0.15) is 0 Å². The van der Waals surface area contributed by atoms with Crippen LogP contribution < -0.4 is 0 Å². The molecule has 94 valence electrons. The van der Waals surface area contributed by atoms with E-state index in [0.717, 1.165) is 0 Å². The molecule has 0 aliphatic carbocycles. The average molecular weight is 275 g/mol. The van der Waals surface area contributed by atoms with Crippen LogP contribution in [0.2, 0.25) is 5.02 Å². The highest BCUT2D eigenvalue weighted by atomic mass is 35.5. The summed E-state index contributed by atoms with van der Waals surface area (Å²) < 4.78 is 13.9. The number of rotatable bonds is 2. The normalized spacial score (nSPS) is 10.6. The molecule has 0 amide bonds. The van der Waals surface area contributed by atoms with E-state index in [1.165, 1.54) is 12.4 Å². The molecule has 0 bridgehead atoms. The van der Waals surface area contributed by atoms with E-state index in [-0.39, 0.29) is 0 Å². The van der Waals surface area contributed by atoms with E-state index in [9.17, 15) is 4.39 Å². The first-order valence-electron chi connectivity index (χ1n) is 5.51. The number of aromatic nitrogens is 4. The third-order valence-electron chi connectivity index (χ3n) is 2.70. The molecular weight excluding hydrogens is 267 g/mol. The van der Waals surface area contributed by atoms with Crippen LogP contribution in [-0.2, 0) is 0 Å². The van der Waals surface area contributed by atoms with Crippen molar-refractivity contribution in [3.8, 4) is 22.5 Å². The van der Waals surface area contributed by atoms with Gasteiger partial charge in [0.2, 0.25) is 0 Å². The van der Waals surface area contributed by atoms with Crippen molar-refractivity contribution in [1.82, 2.24) is 20.2 Å². The lowest BCUT2D eigenvalue weighted by atomic mass is 10.1. The predicted octanol–water partition coefficient (Wildman–Crippen LogP) is 3.33. The van der Waals surface area contributed by atoms with Gasteiger partial charge in [-0.15, -0.1) is 0 Å². The maximum Gasteiger partial charge on any atom is 0.134 e. The number of nitrogens with one attached hydrogen (secondary N) is 1. The summed E-state index contributed by atoms with van der Waals surface area (Å²) >= 11 is 5.75. The maximum absolute atomic E-state index is 13.9. The van der Waals surface area contributed by atoms with Crippen molar-refractivity contribution in [2.45, 2.75) is 0 Å². The van der Waals surface area contributed by atoms with E-state index in [0.29, 0.717) is 27.5 Å². The van der Waals surface area contributed by atoms with Gasteiger partial charge in [0.1, 0.15) is 12.1 Å². The highest BCUT2D eigenvalue weighted by molar-refractivity contribution is 6.30. The van der Waals surface area contributed by atoms with E-state index in [4.69, 9.17) is 11.6 Å². The largest absolute Gasteiger partial charge is 0.277 e.